The van der Waals surface area contributed by atoms with Crippen LogP contribution in [0.1, 0.15) is 5.56 Å². The molecule has 0 unspecified atom stereocenters. The molecule has 1 amide bonds. The minimum Gasteiger partial charge on any atom is -0.383 e. The molecule has 1 N–H and O–H groups in total. The summed E-state index contributed by atoms with van der Waals surface area (Å²) in [6.07, 6.45) is 4.43. The van der Waals surface area contributed by atoms with E-state index in [4.69, 9.17) is 4.74 Å². The molecule has 0 fully saturated rings. The number of rotatable bonds is 6. The summed E-state index contributed by atoms with van der Waals surface area (Å²) in [7, 11) is 3.71. The van der Waals surface area contributed by atoms with E-state index in [0.29, 0.717) is 13.0 Å². The fourth-order valence-electron chi connectivity index (χ4n) is 3.61. The molecule has 0 saturated carbocycles. The second-order valence-electron chi connectivity index (χ2n) is 6.78. The van der Waals surface area contributed by atoms with Gasteiger partial charge in [-0.05, 0) is 35.9 Å². The number of hydrogen-bond donors (Lipinski definition) is 1. The number of benzene rings is 2. The first-order valence-corrected chi connectivity index (χ1v) is 9.06. The van der Waals surface area contributed by atoms with E-state index in [9.17, 15) is 4.79 Å². The maximum absolute atomic E-state index is 12.6. The van der Waals surface area contributed by atoms with Crippen molar-refractivity contribution < 1.29 is 9.53 Å². The van der Waals surface area contributed by atoms with Gasteiger partial charge in [0.2, 0.25) is 5.91 Å². The van der Waals surface area contributed by atoms with Gasteiger partial charge in [0.25, 0.3) is 0 Å². The highest BCUT2D eigenvalue weighted by Crippen LogP contribution is 2.23. The molecule has 0 atom stereocenters. The molecule has 0 bridgehead atoms. The zero-order valence-electron chi connectivity index (χ0n) is 15.6. The molecule has 4 aromatic rings. The molecule has 0 aliphatic heterocycles. The van der Waals surface area contributed by atoms with E-state index in [1.165, 1.54) is 0 Å². The highest BCUT2D eigenvalue weighted by atomic mass is 16.5. The van der Waals surface area contributed by atoms with Gasteiger partial charge in [0.1, 0.15) is 0 Å². The summed E-state index contributed by atoms with van der Waals surface area (Å²) < 4.78 is 9.37. The second kappa shape index (κ2) is 7.29. The first-order valence-electron chi connectivity index (χ1n) is 9.06. The van der Waals surface area contributed by atoms with Crippen LogP contribution < -0.4 is 5.32 Å². The third kappa shape index (κ3) is 3.46. The number of hydrogen-bond acceptors (Lipinski definition) is 2. The van der Waals surface area contributed by atoms with Crippen molar-refractivity contribution >= 4 is 33.4 Å². The number of methoxy groups -OCH3 is 1. The van der Waals surface area contributed by atoms with E-state index in [2.05, 4.69) is 32.7 Å². The lowest BCUT2D eigenvalue weighted by atomic mass is 10.1. The summed E-state index contributed by atoms with van der Waals surface area (Å²) in [6.45, 7) is 1.49. The van der Waals surface area contributed by atoms with Crippen molar-refractivity contribution in [2.45, 2.75) is 13.0 Å². The van der Waals surface area contributed by atoms with Gasteiger partial charge < -0.3 is 19.2 Å². The van der Waals surface area contributed by atoms with Crippen LogP contribution >= 0.6 is 0 Å². The quantitative estimate of drug-likeness (QED) is 0.565. The number of anilines is 1. The van der Waals surface area contributed by atoms with Crippen LogP contribution in [0.2, 0.25) is 0 Å². The summed E-state index contributed by atoms with van der Waals surface area (Å²) in [6, 6.07) is 16.2. The molecule has 0 radical (unpaired) electrons. The summed E-state index contributed by atoms with van der Waals surface area (Å²) in [5.74, 6) is -0.00970. The maximum atomic E-state index is 12.6. The fraction of sp³-hybridized carbons (Fsp3) is 0.227. The first-order chi connectivity index (χ1) is 13.2. The van der Waals surface area contributed by atoms with Gasteiger partial charge in [-0.15, -0.1) is 0 Å². The predicted octanol–water partition coefficient (Wildman–Crippen LogP) is 3.96. The Morgan fingerprint density at radius 2 is 1.96 bits per heavy atom. The highest BCUT2D eigenvalue weighted by molar-refractivity contribution is 5.97. The average molecular weight is 361 g/mol. The lowest BCUT2D eigenvalue weighted by Gasteiger charge is -2.07. The lowest BCUT2D eigenvalue weighted by Crippen LogP contribution is -2.14. The standard InChI is InChI=1S/C22H23N3O2/c1-24-15-17(19-5-3-4-6-21(19)24)14-22(26)23-18-7-8-20-16(13-18)9-10-25(20)11-12-27-2/h3-10,13,15H,11-12,14H2,1-2H3,(H,23,26). The van der Waals surface area contributed by atoms with E-state index >= 15 is 0 Å². The van der Waals surface area contributed by atoms with Gasteiger partial charge in [0.15, 0.2) is 0 Å². The Hall–Kier alpha value is -3.05. The molecule has 2 heterocycles. The van der Waals surface area contributed by atoms with Crippen LogP contribution in [0.4, 0.5) is 5.69 Å². The number of carbonyl (C=O) groups excluding carboxylic acids is 1. The number of amides is 1. The van der Waals surface area contributed by atoms with Gasteiger partial charge in [0.05, 0.1) is 13.0 Å². The van der Waals surface area contributed by atoms with Gasteiger partial charge in [-0.1, -0.05) is 18.2 Å². The largest absolute Gasteiger partial charge is 0.383 e. The molecule has 5 nitrogen and oxygen atoms in total. The summed E-state index contributed by atoms with van der Waals surface area (Å²) >= 11 is 0. The number of nitrogens with one attached hydrogen (secondary N) is 1. The van der Waals surface area contributed by atoms with Crippen molar-refractivity contribution in [2.75, 3.05) is 19.0 Å². The predicted molar refractivity (Wildman–Crippen MR) is 109 cm³/mol. The first kappa shape index (κ1) is 17.4. The average Bonchev–Trinajstić information content (AvgIpc) is 3.21. The topological polar surface area (TPSA) is 48.2 Å². The fourth-order valence-corrected chi connectivity index (χ4v) is 3.61. The smallest absolute Gasteiger partial charge is 0.228 e. The minimum atomic E-state index is -0.00970. The molecular weight excluding hydrogens is 338 g/mol. The normalized spacial score (nSPS) is 11.3. The molecular formula is C22H23N3O2. The van der Waals surface area contributed by atoms with E-state index in [-0.39, 0.29) is 5.91 Å². The number of fused-ring (bicyclic) bond motifs is 2. The van der Waals surface area contributed by atoms with Gasteiger partial charge in [-0.2, -0.15) is 0 Å². The van der Waals surface area contributed by atoms with Crippen molar-refractivity contribution in [2.24, 2.45) is 7.05 Å². The summed E-state index contributed by atoms with van der Waals surface area (Å²) in [4.78, 5) is 12.6. The summed E-state index contributed by atoms with van der Waals surface area (Å²) in [5, 5.41) is 5.26. The van der Waals surface area contributed by atoms with Gasteiger partial charge in [-0.3, -0.25) is 4.79 Å². The minimum absolute atomic E-state index is 0.00970. The van der Waals surface area contributed by atoms with E-state index in [0.717, 1.165) is 39.6 Å². The van der Waals surface area contributed by atoms with Crippen LogP contribution in [0.3, 0.4) is 0 Å². The molecule has 2 aromatic carbocycles. The Morgan fingerprint density at radius 3 is 2.81 bits per heavy atom. The molecule has 138 valence electrons. The van der Waals surface area contributed by atoms with Crippen molar-refractivity contribution in [3.8, 4) is 0 Å². The Morgan fingerprint density at radius 1 is 1.11 bits per heavy atom. The molecule has 0 aliphatic carbocycles. The zero-order valence-corrected chi connectivity index (χ0v) is 15.6. The van der Waals surface area contributed by atoms with Gasteiger partial charge >= 0.3 is 0 Å². The maximum Gasteiger partial charge on any atom is 0.228 e. The number of aromatic nitrogens is 2. The Bertz CT molecular complexity index is 1110. The van der Waals surface area contributed by atoms with Crippen molar-refractivity contribution in [3.63, 3.8) is 0 Å². The SMILES string of the molecule is COCCn1ccc2cc(NC(=O)Cc3cn(C)c4ccccc34)ccc21. The highest BCUT2D eigenvalue weighted by Gasteiger charge is 2.11. The lowest BCUT2D eigenvalue weighted by molar-refractivity contribution is -0.115. The number of ether oxygens (including phenoxy) is 1. The Balaban J connectivity index is 1.50. The number of para-hydroxylation sites is 1. The van der Waals surface area contributed by atoms with E-state index < -0.39 is 0 Å². The van der Waals surface area contributed by atoms with Crippen LogP contribution in [0, 0.1) is 0 Å². The number of aryl methyl sites for hydroxylation is 1. The number of nitrogens with zero attached hydrogens (tertiary/aromatic N) is 2. The van der Waals surface area contributed by atoms with Crippen LogP contribution in [0.5, 0.6) is 0 Å². The monoisotopic (exact) mass is 361 g/mol. The molecule has 2 aromatic heterocycles. The van der Waals surface area contributed by atoms with Crippen LogP contribution in [-0.2, 0) is 29.5 Å². The van der Waals surface area contributed by atoms with Crippen molar-refractivity contribution in [1.82, 2.24) is 9.13 Å². The van der Waals surface area contributed by atoms with Crippen molar-refractivity contribution in [1.29, 1.82) is 0 Å². The van der Waals surface area contributed by atoms with Crippen molar-refractivity contribution in [3.05, 3.63) is 66.5 Å². The van der Waals surface area contributed by atoms with Crippen LogP contribution in [-0.4, -0.2) is 28.8 Å². The molecule has 0 aliphatic rings. The molecule has 0 saturated heterocycles. The van der Waals surface area contributed by atoms with Crippen LogP contribution in [0.15, 0.2) is 60.9 Å². The Kier molecular flexibility index (Phi) is 4.69. The molecule has 5 heteroatoms. The van der Waals surface area contributed by atoms with Gasteiger partial charge in [0, 0.05) is 60.6 Å². The third-order valence-electron chi connectivity index (χ3n) is 4.92. The summed E-state index contributed by atoms with van der Waals surface area (Å²) in [5.41, 5.74) is 4.13. The van der Waals surface area contributed by atoms with E-state index in [1.54, 1.807) is 7.11 Å². The molecule has 27 heavy (non-hydrogen) atoms. The van der Waals surface area contributed by atoms with Crippen LogP contribution in [0.25, 0.3) is 21.8 Å². The second-order valence-corrected chi connectivity index (χ2v) is 6.78. The van der Waals surface area contributed by atoms with E-state index in [1.807, 2.05) is 49.8 Å². The Labute approximate surface area is 158 Å². The molecule has 0 spiro atoms. The third-order valence-corrected chi connectivity index (χ3v) is 4.92. The number of carbonyl (C=O) groups is 1. The zero-order chi connectivity index (χ0) is 18.8. The van der Waals surface area contributed by atoms with Gasteiger partial charge in [-0.25, -0.2) is 0 Å². The molecule has 4 rings (SSSR count).